The van der Waals surface area contributed by atoms with Crippen molar-refractivity contribution in [2.75, 3.05) is 65.5 Å². The first kappa shape index (κ1) is 72.9. The Labute approximate surface area is 542 Å². The zero-order chi connectivity index (χ0) is 69.0. The molecule has 32 nitrogen and oxygen atoms in total. The molecule has 0 spiro atoms. The van der Waals surface area contributed by atoms with Gasteiger partial charge in [0.05, 0.1) is 41.7 Å². The molecule has 7 heterocycles. The van der Waals surface area contributed by atoms with Crippen molar-refractivity contribution in [1.29, 1.82) is 0 Å². The number of rotatable bonds is 27. The molecule has 0 radical (unpaired) electrons. The molecule has 3 aliphatic rings. The van der Waals surface area contributed by atoms with Gasteiger partial charge in [-0.3, -0.25) is 24.2 Å². The molecule has 10 rings (SSSR count). The van der Waals surface area contributed by atoms with E-state index in [4.69, 9.17) is 67.5 Å². The van der Waals surface area contributed by atoms with E-state index in [2.05, 4.69) is 30.3 Å². The lowest BCUT2D eigenvalue weighted by atomic mass is 9.96. The number of non-ortho nitro benzene ring substituents is 1. The second-order valence-electron chi connectivity index (χ2n) is 22.5. The van der Waals surface area contributed by atoms with Gasteiger partial charge in [-0.25, -0.2) is 36.9 Å². The van der Waals surface area contributed by atoms with Crippen LogP contribution in [0.25, 0.3) is 11.0 Å². The number of ether oxygens (including phenoxy) is 8. The van der Waals surface area contributed by atoms with Gasteiger partial charge in [0, 0.05) is 26.4 Å². The summed E-state index contributed by atoms with van der Waals surface area (Å²) in [6, 6.07) is 25.6. The van der Waals surface area contributed by atoms with Crippen molar-refractivity contribution >= 4 is 55.8 Å². The summed E-state index contributed by atoms with van der Waals surface area (Å²) in [7, 11) is -5.62. The number of para-hydroxylation sites is 2. The number of benzene rings is 3. The zero-order valence-electron chi connectivity index (χ0n) is 52.7. The van der Waals surface area contributed by atoms with E-state index in [9.17, 15) is 52.9 Å². The number of nitrogens with zero attached hydrogens (tertiary/aromatic N) is 7. The van der Waals surface area contributed by atoms with Crippen LogP contribution >= 0.6 is 15.5 Å². The molecule has 0 aliphatic carbocycles. The first-order valence-electron chi connectivity index (χ1n) is 29.3. The average molecular weight is 1370 g/mol. The smallest absolute Gasteiger partial charge is 0.462 e. The van der Waals surface area contributed by atoms with Gasteiger partial charge in [-0.05, 0) is 102 Å². The number of halogens is 2. The highest BCUT2D eigenvalue weighted by Crippen LogP contribution is 2.52. The predicted octanol–water partition coefficient (Wildman–Crippen LogP) is 5.89. The summed E-state index contributed by atoms with van der Waals surface area (Å²) in [6.07, 6.45) is -4.80. The molecular formula is C59H75F2N11O21P2. The first-order chi connectivity index (χ1) is 45.1. The van der Waals surface area contributed by atoms with E-state index in [1.165, 1.54) is 81.6 Å². The third kappa shape index (κ3) is 17.4. The van der Waals surface area contributed by atoms with Gasteiger partial charge in [0.15, 0.2) is 17.4 Å². The lowest BCUT2D eigenvalue weighted by Crippen LogP contribution is -2.49. The van der Waals surface area contributed by atoms with Crippen LogP contribution in [0, 0.1) is 10.1 Å². The highest BCUT2D eigenvalue weighted by Gasteiger charge is 2.64. The van der Waals surface area contributed by atoms with Gasteiger partial charge in [-0.2, -0.15) is 20.4 Å². The number of hydrogen-bond donors (Lipinski definition) is 7. The molecule has 4 aromatic heterocycles. The number of carbonyl (C=O) groups excluding carboxylic acids is 2. The van der Waals surface area contributed by atoms with Crippen LogP contribution in [0.5, 0.6) is 17.2 Å². The van der Waals surface area contributed by atoms with E-state index < -0.39 is 125 Å². The lowest BCUT2D eigenvalue weighted by molar-refractivity contribution is -0.384. The Kier molecular flexibility index (Phi) is 24.0. The van der Waals surface area contributed by atoms with Crippen LogP contribution in [0.1, 0.15) is 65.1 Å². The van der Waals surface area contributed by atoms with Crippen LogP contribution in [0.2, 0.25) is 0 Å². The summed E-state index contributed by atoms with van der Waals surface area (Å²) in [4.78, 5) is 42.8. The Bertz CT molecular complexity index is 3810. The minimum absolute atomic E-state index is 0.0222. The number of aliphatic hydroxyl groups excluding tert-OH is 3. The summed E-state index contributed by atoms with van der Waals surface area (Å²) in [5.41, 5.74) is 9.87. The highest BCUT2D eigenvalue weighted by molar-refractivity contribution is 7.52. The standard InChI is InChI=1S/C25H33FN5O9P.C19H23N2O8P.C15H19FN4O4/c1-15(36-3)11-37-24(34)16(2)30-41(35,40-17-7-5-4-6-8-17)38-13-25(12-26)22(33)20(32)21(39-25)18-9-10-19-23(27)28-14-29-31(18)19;1-14(26-3)13-27-19(22)15(2)20-30(25,28-17-7-5-4-6-8-17)29-18-11-9-16(10-12-18)21(23)24;1-14(2)22-11-10(23-15(5-16,6-21)12(11)24-14)8-3-4-9-13(17)18-7-19-20(8)9/h4-10,14-16,20-22,32-33H,11-13H2,1-3H3,(H,30,35)(H2,27,28,29);4-12,14-15H,13H2,1-3H3,(H,20,25);3-4,7,10-12,21H,5-6H2,1-2H3,(H2,17,18,19)/t15-,16-,20-,21-,22-,25+,41?;14-,15-,30?;10-,11-,12-,15+/m000/s1. The van der Waals surface area contributed by atoms with Gasteiger partial charge >= 0.3 is 27.4 Å². The van der Waals surface area contributed by atoms with Crippen LogP contribution in [0.4, 0.5) is 26.1 Å². The number of hydrogen-bond acceptors (Lipinski definition) is 27. The van der Waals surface area contributed by atoms with Gasteiger partial charge < -0.3 is 78.3 Å². The van der Waals surface area contributed by atoms with Crippen molar-refractivity contribution in [2.24, 2.45) is 0 Å². The number of nitrogens with one attached hydrogen (secondary N) is 2. The van der Waals surface area contributed by atoms with Crippen molar-refractivity contribution in [2.45, 2.75) is 119 Å². The van der Waals surface area contributed by atoms with Crippen LogP contribution in [0.3, 0.4) is 0 Å². The van der Waals surface area contributed by atoms with Crippen molar-refractivity contribution in [1.82, 2.24) is 39.4 Å². The largest absolute Gasteiger partial charge is 0.513 e. The molecule has 3 aliphatic heterocycles. The molecule has 2 unspecified atom stereocenters. The van der Waals surface area contributed by atoms with Gasteiger partial charge in [-0.15, -0.1) is 0 Å². The molecule has 36 heteroatoms. The molecule has 516 valence electrons. The fraction of sp³-hybridized carbons (Fsp3) is 0.458. The first-order valence-corrected chi connectivity index (χ1v) is 32.4. The Morgan fingerprint density at radius 3 is 1.59 bits per heavy atom. The number of nitro groups is 1. The fourth-order valence-electron chi connectivity index (χ4n) is 9.79. The monoisotopic (exact) mass is 1370 g/mol. The van der Waals surface area contributed by atoms with Crippen molar-refractivity contribution in [3.8, 4) is 17.2 Å². The number of nitro benzene ring substituents is 1. The minimum atomic E-state index is -4.45. The van der Waals surface area contributed by atoms with E-state index in [-0.39, 0.29) is 59.9 Å². The molecule has 95 heavy (non-hydrogen) atoms. The van der Waals surface area contributed by atoms with E-state index in [1.807, 2.05) is 0 Å². The van der Waals surface area contributed by atoms with Crippen molar-refractivity contribution in [3.05, 3.63) is 143 Å². The van der Waals surface area contributed by atoms with Crippen molar-refractivity contribution < 1.29 is 104 Å². The number of nitrogens with two attached hydrogens (primary N) is 2. The van der Waals surface area contributed by atoms with Gasteiger partial charge in [0.2, 0.25) is 0 Å². The second-order valence-corrected chi connectivity index (χ2v) is 25.8. The molecule has 3 aromatic carbocycles. The van der Waals surface area contributed by atoms with Crippen LogP contribution in [-0.4, -0.2) is 181 Å². The van der Waals surface area contributed by atoms with Crippen LogP contribution in [-0.2, 0) is 61.1 Å². The summed E-state index contributed by atoms with van der Waals surface area (Å²) in [5.74, 6) is -1.44. The third-order valence-corrected chi connectivity index (χ3v) is 18.2. The normalized spacial score (nSPS) is 24.4. The Morgan fingerprint density at radius 2 is 1.13 bits per heavy atom. The number of carbonyl (C=O) groups is 2. The van der Waals surface area contributed by atoms with Gasteiger partial charge in [0.1, 0.15) is 127 Å². The zero-order valence-corrected chi connectivity index (χ0v) is 54.5. The number of aromatic nitrogens is 6. The van der Waals surface area contributed by atoms with E-state index in [1.54, 1.807) is 105 Å². The molecule has 7 aromatic rings. The minimum Gasteiger partial charge on any atom is -0.462 e. The molecule has 3 saturated heterocycles. The number of alkyl halides is 2. The maximum Gasteiger partial charge on any atom is 0.513 e. The quantitative estimate of drug-likeness (QED) is 0.0136. The molecule has 9 N–H and O–H groups in total. The Morgan fingerprint density at radius 1 is 0.674 bits per heavy atom. The van der Waals surface area contributed by atoms with E-state index in [0.717, 1.165) is 0 Å². The fourth-order valence-corrected chi connectivity index (χ4v) is 12.9. The maximum atomic E-state index is 14.6. The van der Waals surface area contributed by atoms with Crippen LogP contribution < -0.4 is 35.2 Å². The number of fused-ring (bicyclic) bond motifs is 3. The molecule has 0 saturated carbocycles. The molecule has 3 fully saturated rings. The van der Waals surface area contributed by atoms with Gasteiger partial charge in [-0.1, -0.05) is 36.4 Å². The predicted molar refractivity (Wildman–Crippen MR) is 332 cm³/mol. The van der Waals surface area contributed by atoms with E-state index in [0.29, 0.717) is 22.5 Å². The average Bonchev–Trinajstić information content (AvgIpc) is 1.57. The SMILES string of the molecule is CC1(C)O[C@H]2[C@H](c3ccc4c(N)ncnn34)O[C@@](CO)(CF)[C@H]2O1.CO[C@@H](C)COC(=O)[C@H](C)NP(=O)(OC[C@@]1(CF)O[C@@H](c2ccc3c(N)ncnn23)[C@H](O)[C@@H]1O)Oc1ccccc1.CO[C@@H](C)COC(=O)[C@H](C)NP(=O)(Oc1ccccc1)Oc1ccc([N+](=O)[O-])cc1. The number of nitrogen functional groups attached to an aromatic ring is 2. The van der Waals surface area contributed by atoms with E-state index >= 15 is 0 Å². The van der Waals surface area contributed by atoms with Crippen LogP contribution in [0.15, 0.2) is 122 Å². The third-order valence-electron chi connectivity index (χ3n) is 15.0. The molecule has 0 amide bonds. The Hall–Kier alpha value is -7.92. The summed E-state index contributed by atoms with van der Waals surface area (Å²) in [5, 5.41) is 55.6. The lowest BCUT2D eigenvalue weighted by Gasteiger charge is -2.31. The number of methoxy groups -OCH3 is 2. The maximum absolute atomic E-state index is 14.6. The number of anilines is 2. The number of esters is 2. The van der Waals surface area contributed by atoms with Crippen molar-refractivity contribution in [3.63, 3.8) is 0 Å². The summed E-state index contributed by atoms with van der Waals surface area (Å²) in [6.45, 7) is 6.14. The second kappa shape index (κ2) is 31.3. The molecule has 14 atom stereocenters. The Balaban J connectivity index is 0.000000189. The highest BCUT2D eigenvalue weighted by atomic mass is 31.2. The summed E-state index contributed by atoms with van der Waals surface area (Å²) >= 11 is 0. The van der Waals surface area contributed by atoms with Gasteiger partial charge in [0.25, 0.3) is 5.69 Å². The molecular weight excluding hydrogens is 1300 g/mol. The molecule has 0 bridgehead atoms. The topological polar surface area (TPSA) is 419 Å². The summed E-state index contributed by atoms with van der Waals surface area (Å²) < 4.78 is 125. The number of aliphatic hydroxyl groups is 3.